The molecular weight excluding hydrogens is 600 g/mol. The van der Waals surface area contributed by atoms with Crippen molar-refractivity contribution in [3.63, 3.8) is 0 Å². The molecule has 4 aromatic carbocycles. The number of ether oxygens (including phenoxy) is 2. The van der Waals surface area contributed by atoms with Crippen LogP contribution in [0.4, 0.5) is 0 Å². The van der Waals surface area contributed by atoms with Crippen LogP contribution in [-0.4, -0.2) is 63.3 Å². The largest absolute Gasteiger partial charge is 0.508 e. The Morgan fingerprint density at radius 3 is 1.22 bits per heavy atom. The van der Waals surface area contributed by atoms with E-state index in [1.165, 1.54) is 48.5 Å². The predicted octanol–water partition coefficient (Wildman–Crippen LogP) is 4.75. The number of aromatic hydroxyl groups is 8. The fourth-order valence-corrected chi connectivity index (χ4v) is 6.64. The summed E-state index contributed by atoms with van der Waals surface area (Å²) in [4.78, 5) is 0. The maximum atomic E-state index is 11.5. The Kier molecular flexibility index (Phi) is 8.01. The van der Waals surface area contributed by atoms with Gasteiger partial charge in [0.2, 0.25) is 0 Å². The zero-order valence-corrected chi connectivity index (χ0v) is 24.4. The number of rotatable bonds is 7. The average molecular weight is 635 g/mol. The zero-order chi connectivity index (χ0) is 32.9. The first-order valence-corrected chi connectivity index (χ1v) is 14.8. The third-order valence-corrected chi connectivity index (χ3v) is 8.84. The summed E-state index contributed by atoms with van der Waals surface area (Å²) >= 11 is 0. The van der Waals surface area contributed by atoms with Gasteiger partial charge in [-0.2, -0.15) is 0 Å². The average Bonchev–Trinajstić information content (AvgIpc) is 2.99. The van der Waals surface area contributed by atoms with E-state index in [1.807, 2.05) is 0 Å². The van der Waals surface area contributed by atoms with Crippen LogP contribution < -0.4 is 9.47 Å². The quantitative estimate of drug-likeness (QED) is 0.0983. The molecular formula is C34H34O12. The SMILES string of the molecule is Oc1cc(O)c2c(c1)O[C@H](c1ccc(O)c(O)c1)[C@@H](O)[C@H]2CCCC[C@H]1c2c(O)cc(O)cc2O[C@H](c2ccc(O)c(O)c2)[C@H]1O. The first-order chi connectivity index (χ1) is 21.9. The molecule has 0 spiro atoms. The normalized spacial score (nSPS) is 23.5. The molecule has 0 fully saturated rings. The van der Waals surface area contributed by atoms with E-state index in [4.69, 9.17) is 9.47 Å². The number of fused-ring (bicyclic) bond motifs is 2. The molecule has 2 aliphatic heterocycles. The number of phenols is 8. The summed E-state index contributed by atoms with van der Waals surface area (Å²) in [7, 11) is 0. The van der Waals surface area contributed by atoms with Crippen molar-refractivity contribution < 1.29 is 60.5 Å². The summed E-state index contributed by atoms with van der Waals surface area (Å²) in [6, 6.07) is 13.0. The van der Waals surface area contributed by atoms with E-state index in [2.05, 4.69) is 0 Å². The van der Waals surface area contributed by atoms with Crippen LogP contribution >= 0.6 is 0 Å². The Morgan fingerprint density at radius 2 is 0.848 bits per heavy atom. The number of aliphatic hydroxyl groups excluding tert-OH is 2. The lowest BCUT2D eigenvalue weighted by atomic mass is 9.79. The molecule has 2 heterocycles. The summed E-state index contributed by atoms with van der Waals surface area (Å²) in [6.07, 6.45) is -2.78. The van der Waals surface area contributed by atoms with Gasteiger partial charge in [0, 0.05) is 47.2 Å². The molecule has 10 N–H and O–H groups in total. The molecule has 0 aromatic heterocycles. The maximum absolute atomic E-state index is 11.5. The highest BCUT2D eigenvalue weighted by Crippen LogP contribution is 2.52. The molecule has 0 radical (unpaired) electrons. The van der Waals surface area contributed by atoms with Crippen molar-refractivity contribution in [2.75, 3.05) is 0 Å². The van der Waals surface area contributed by atoms with E-state index >= 15 is 0 Å². The molecule has 46 heavy (non-hydrogen) atoms. The van der Waals surface area contributed by atoms with E-state index in [9.17, 15) is 51.1 Å². The molecule has 2 aliphatic rings. The van der Waals surface area contributed by atoms with Crippen LogP contribution in [0, 0.1) is 0 Å². The number of hydrogen-bond donors (Lipinski definition) is 10. The van der Waals surface area contributed by atoms with E-state index in [0.29, 0.717) is 47.9 Å². The predicted molar refractivity (Wildman–Crippen MR) is 162 cm³/mol. The molecule has 6 atom stereocenters. The fourth-order valence-electron chi connectivity index (χ4n) is 6.64. The lowest BCUT2D eigenvalue weighted by Crippen LogP contribution is -2.35. The minimum Gasteiger partial charge on any atom is -0.508 e. The van der Waals surface area contributed by atoms with Gasteiger partial charge in [-0.3, -0.25) is 0 Å². The molecule has 0 saturated heterocycles. The van der Waals surface area contributed by atoms with Crippen LogP contribution in [0.25, 0.3) is 0 Å². The topological polar surface area (TPSA) is 221 Å². The van der Waals surface area contributed by atoms with Gasteiger partial charge < -0.3 is 60.5 Å². The van der Waals surface area contributed by atoms with E-state index in [-0.39, 0.29) is 46.0 Å². The molecule has 12 heteroatoms. The monoisotopic (exact) mass is 634 g/mol. The highest BCUT2D eigenvalue weighted by atomic mass is 16.5. The lowest BCUT2D eigenvalue weighted by molar-refractivity contribution is -0.00726. The zero-order valence-electron chi connectivity index (χ0n) is 24.4. The molecule has 242 valence electrons. The van der Waals surface area contributed by atoms with Crippen LogP contribution in [-0.2, 0) is 0 Å². The van der Waals surface area contributed by atoms with Gasteiger partial charge >= 0.3 is 0 Å². The first-order valence-electron chi connectivity index (χ1n) is 14.8. The summed E-state index contributed by atoms with van der Waals surface area (Å²) in [5.74, 6) is -3.52. The number of hydrogen-bond acceptors (Lipinski definition) is 12. The van der Waals surface area contributed by atoms with Crippen LogP contribution in [0.5, 0.6) is 57.5 Å². The smallest absolute Gasteiger partial charge is 0.157 e. The van der Waals surface area contributed by atoms with Gasteiger partial charge in [0.05, 0.1) is 0 Å². The van der Waals surface area contributed by atoms with E-state index in [0.717, 1.165) is 12.1 Å². The van der Waals surface area contributed by atoms with Crippen LogP contribution in [0.3, 0.4) is 0 Å². The highest BCUT2D eigenvalue weighted by Gasteiger charge is 2.42. The van der Waals surface area contributed by atoms with Gasteiger partial charge in [-0.1, -0.05) is 25.0 Å². The fraction of sp³-hybridized carbons (Fsp3) is 0.294. The van der Waals surface area contributed by atoms with Crippen molar-refractivity contribution in [2.45, 2.75) is 61.9 Å². The summed E-state index contributed by atoms with van der Waals surface area (Å²) in [6.45, 7) is 0. The van der Waals surface area contributed by atoms with Gasteiger partial charge in [-0.15, -0.1) is 0 Å². The second kappa shape index (κ2) is 12.0. The van der Waals surface area contributed by atoms with Crippen molar-refractivity contribution >= 4 is 0 Å². The molecule has 0 saturated carbocycles. The van der Waals surface area contributed by atoms with E-state index < -0.39 is 47.8 Å². The summed E-state index contributed by atoms with van der Waals surface area (Å²) < 4.78 is 11.9. The standard InChI is InChI=1S/C34H34O12/c35-17-11-25(41)29-19(31(43)33(45-27(29)13-17)15-5-7-21(37)23(39)9-15)3-1-2-4-20-30-26(42)12-18(36)14-28(30)46-34(32(20)44)16-6-8-22(38)24(40)10-16/h5-14,19-20,31-44H,1-4H2/t19-,20-,31-,32-,33+,34+/m0/s1. The van der Waals surface area contributed by atoms with Crippen LogP contribution in [0.1, 0.15) is 72.0 Å². The number of phenolic OH excluding ortho intramolecular Hbond substituents is 8. The molecule has 0 amide bonds. The molecule has 0 bridgehead atoms. The molecule has 4 aromatic rings. The van der Waals surface area contributed by atoms with Crippen molar-refractivity contribution in [1.82, 2.24) is 0 Å². The Bertz CT molecular complexity index is 1640. The second-order valence-corrected chi connectivity index (χ2v) is 11.8. The van der Waals surface area contributed by atoms with Crippen molar-refractivity contribution in [3.8, 4) is 57.5 Å². The van der Waals surface area contributed by atoms with Gasteiger partial charge in [0.1, 0.15) is 46.7 Å². The maximum Gasteiger partial charge on any atom is 0.157 e. The molecule has 0 unspecified atom stereocenters. The third kappa shape index (κ3) is 5.57. The van der Waals surface area contributed by atoms with Gasteiger partial charge in [-0.05, 0) is 48.2 Å². The van der Waals surface area contributed by atoms with Crippen LogP contribution in [0.15, 0.2) is 60.7 Å². The van der Waals surface area contributed by atoms with Gasteiger partial charge in [0.25, 0.3) is 0 Å². The van der Waals surface area contributed by atoms with Gasteiger partial charge in [0.15, 0.2) is 35.2 Å². The van der Waals surface area contributed by atoms with E-state index in [1.54, 1.807) is 0 Å². The Balaban J connectivity index is 1.25. The number of aliphatic hydroxyl groups is 2. The van der Waals surface area contributed by atoms with Crippen molar-refractivity contribution in [1.29, 1.82) is 0 Å². The molecule has 12 nitrogen and oxygen atoms in total. The van der Waals surface area contributed by atoms with Crippen molar-refractivity contribution in [3.05, 3.63) is 82.9 Å². The number of benzene rings is 4. The van der Waals surface area contributed by atoms with Crippen molar-refractivity contribution in [2.24, 2.45) is 0 Å². The number of unbranched alkanes of at least 4 members (excludes halogenated alkanes) is 1. The molecule has 6 rings (SSSR count). The first kappa shape index (κ1) is 30.8. The lowest BCUT2D eigenvalue weighted by Gasteiger charge is -2.38. The van der Waals surface area contributed by atoms with Crippen LogP contribution in [0.2, 0.25) is 0 Å². The summed E-state index contributed by atoms with van der Waals surface area (Å²) in [5, 5.41) is 104. The second-order valence-electron chi connectivity index (χ2n) is 11.8. The minimum atomic E-state index is -1.19. The molecule has 0 aliphatic carbocycles. The third-order valence-electron chi connectivity index (χ3n) is 8.84. The minimum absolute atomic E-state index is 0.156. The summed E-state index contributed by atoms with van der Waals surface area (Å²) in [5.41, 5.74) is 1.35. The highest BCUT2D eigenvalue weighted by molar-refractivity contribution is 5.55. The Labute approximate surface area is 262 Å². The van der Waals surface area contributed by atoms with Gasteiger partial charge in [-0.25, -0.2) is 0 Å². The Hall–Kier alpha value is -5.20. The Morgan fingerprint density at radius 1 is 0.457 bits per heavy atom.